The van der Waals surface area contributed by atoms with Crippen molar-refractivity contribution in [3.63, 3.8) is 0 Å². The maximum atomic E-state index is 10.9. The summed E-state index contributed by atoms with van der Waals surface area (Å²) in [6.45, 7) is 2.96. The van der Waals surface area contributed by atoms with Crippen molar-refractivity contribution in [2.45, 2.75) is 19.8 Å². The van der Waals surface area contributed by atoms with Crippen molar-refractivity contribution in [1.29, 1.82) is 0 Å². The minimum Gasteiger partial charge on any atom is -0.493 e. The van der Waals surface area contributed by atoms with Gasteiger partial charge in [-0.3, -0.25) is 4.79 Å². The molecule has 0 saturated heterocycles. The normalized spacial score (nSPS) is 18.1. The summed E-state index contributed by atoms with van der Waals surface area (Å²) in [7, 11) is 0. The molecule has 0 fully saturated rings. The first-order chi connectivity index (χ1) is 8.20. The molecule has 0 unspecified atom stereocenters. The highest BCUT2D eigenvalue weighted by atomic mass is 16.5. The Balaban J connectivity index is 2.11. The number of aliphatic carboxylic acids is 1. The topological polar surface area (TPSA) is 55.8 Å². The van der Waals surface area contributed by atoms with Crippen LogP contribution >= 0.6 is 0 Å². The third-order valence-corrected chi connectivity index (χ3v) is 2.77. The zero-order valence-corrected chi connectivity index (χ0v) is 9.81. The van der Waals surface area contributed by atoms with Crippen LogP contribution in [0.25, 0.3) is 0 Å². The SMILES string of the molecule is CCCOc1ccc2c(c1)OC[C@@H](C(=O)O)C2. The van der Waals surface area contributed by atoms with Crippen LogP contribution < -0.4 is 9.47 Å². The van der Waals surface area contributed by atoms with Crippen LogP contribution in [0.5, 0.6) is 11.5 Å². The Morgan fingerprint density at radius 3 is 3.12 bits per heavy atom. The molecule has 0 saturated carbocycles. The molecule has 1 aromatic rings. The molecular formula is C13H16O4. The standard InChI is InChI=1S/C13H16O4/c1-2-5-16-11-4-3-9-6-10(13(14)15)8-17-12(9)7-11/h3-4,7,10H,2,5-6,8H2,1H3,(H,14,15)/t10-/m0/s1. The molecule has 4 heteroatoms. The van der Waals surface area contributed by atoms with Crippen LogP contribution in [0.15, 0.2) is 18.2 Å². The number of ether oxygens (including phenoxy) is 2. The molecule has 1 aliphatic rings. The number of benzene rings is 1. The zero-order valence-electron chi connectivity index (χ0n) is 9.81. The predicted octanol–water partition coefficient (Wildman–Crippen LogP) is 2.11. The van der Waals surface area contributed by atoms with Crippen LogP contribution in [0.4, 0.5) is 0 Å². The summed E-state index contributed by atoms with van der Waals surface area (Å²) in [6.07, 6.45) is 1.48. The molecule has 0 amide bonds. The average molecular weight is 236 g/mol. The molecule has 1 aromatic carbocycles. The highest BCUT2D eigenvalue weighted by Crippen LogP contribution is 2.31. The second-order valence-electron chi connectivity index (χ2n) is 4.17. The molecule has 0 spiro atoms. The van der Waals surface area contributed by atoms with E-state index >= 15 is 0 Å². The summed E-state index contributed by atoms with van der Waals surface area (Å²) in [5.41, 5.74) is 0.937. The minimum absolute atomic E-state index is 0.236. The Bertz CT molecular complexity index is 414. The molecule has 4 nitrogen and oxygen atoms in total. The summed E-state index contributed by atoms with van der Waals surface area (Å²) in [5, 5.41) is 8.93. The predicted molar refractivity (Wildman–Crippen MR) is 62.6 cm³/mol. The van der Waals surface area contributed by atoms with Gasteiger partial charge in [-0.25, -0.2) is 0 Å². The van der Waals surface area contributed by atoms with Crippen LogP contribution in [0, 0.1) is 5.92 Å². The van der Waals surface area contributed by atoms with Crippen molar-refractivity contribution in [3.8, 4) is 11.5 Å². The van der Waals surface area contributed by atoms with E-state index in [0.717, 1.165) is 23.5 Å². The van der Waals surface area contributed by atoms with E-state index in [2.05, 4.69) is 0 Å². The molecule has 1 heterocycles. The summed E-state index contributed by atoms with van der Waals surface area (Å²) < 4.78 is 11.0. The maximum Gasteiger partial charge on any atom is 0.310 e. The molecule has 0 aromatic heterocycles. The molecule has 0 bridgehead atoms. The van der Waals surface area contributed by atoms with Gasteiger partial charge in [0.05, 0.1) is 12.5 Å². The van der Waals surface area contributed by atoms with Crippen LogP contribution in [0.3, 0.4) is 0 Å². The quantitative estimate of drug-likeness (QED) is 0.869. The van der Waals surface area contributed by atoms with Gasteiger partial charge in [0, 0.05) is 6.07 Å². The lowest BCUT2D eigenvalue weighted by Crippen LogP contribution is -2.27. The van der Waals surface area contributed by atoms with Crippen LogP contribution in [-0.4, -0.2) is 24.3 Å². The van der Waals surface area contributed by atoms with E-state index < -0.39 is 11.9 Å². The fourth-order valence-corrected chi connectivity index (χ4v) is 1.82. The third kappa shape index (κ3) is 2.70. The zero-order chi connectivity index (χ0) is 12.3. The van der Waals surface area contributed by atoms with E-state index in [1.54, 1.807) is 0 Å². The van der Waals surface area contributed by atoms with Gasteiger partial charge < -0.3 is 14.6 Å². The Morgan fingerprint density at radius 2 is 2.41 bits per heavy atom. The highest BCUT2D eigenvalue weighted by Gasteiger charge is 2.25. The second kappa shape index (κ2) is 5.08. The van der Waals surface area contributed by atoms with E-state index in [0.29, 0.717) is 13.0 Å². The summed E-state index contributed by atoms with van der Waals surface area (Å²) in [6, 6.07) is 5.58. The van der Waals surface area contributed by atoms with Gasteiger partial charge in [-0.05, 0) is 24.5 Å². The molecule has 92 valence electrons. The fourth-order valence-electron chi connectivity index (χ4n) is 1.82. The fraction of sp³-hybridized carbons (Fsp3) is 0.462. The van der Waals surface area contributed by atoms with E-state index in [1.807, 2.05) is 25.1 Å². The van der Waals surface area contributed by atoms with Crippen molar-refractivity contribution in [3.05, 3.63) is 23.8 Å². The van der Waals surface area contributed by atoms with E-state index in [4.69, 9.17) is 14.6 Å². The monoisotopic (exact) mass is 236 g/mol. The molecule has 0 radical (unpaired) electrons. The summed E-state index contributed by atoms with van der Waals surface area (Å²) in [4.78, 5) is 10.9. The molecule has 1 N–H and O–H groups in total. The van der Waals surface area contributed by atoms with Gasteiger partial charge in [-0.15, -0.1) is 0 Å². The maximum absolute atomic E-state index is 10.9. The first kappa shape index (κ1) is 11.8. The Morgan fingerprint density at radius 1 is 1.59 bits per heavy atom. The van der Waals surface area contributed by atoms with Crippen molar-refractivity contribution in [1.82, 2.24) is 0 Å². The average Bonchev–Trinajstić information content (AvgIpc) is 2.35. The Labute approximate surface area is 100 Å². The summed E-state index contributed by atoms with van der Waals surface area (Å²) >= 11 is 0. The number of carbonyl (C=O) groups is 1. The van der Waals surface area contributed by atoms with E-state index in [9.17, 15) is 4.79 Å². The van der Waals surface area contributed by atoms with Crippen molar-refractivity contribution in [2.75, 3.05) is 13.2 Å². The molecule has 17 heavy (non-hydrogen) atoms. The molecule has 0 aliphatic carbocycles. The first-order valence-electron chi connectivity index (χ1n) is 5.82. The van der Waals surface area contributed by atoms with E-state index in [1.165, 1.54) is 0 Å². The van der Waals surface area contributed by atoms with E-state index in [-0.39, 0.29) is 6.61 Å². The number of carboxylic acid groups (broad SMARTS) is 1. The van der Waals surface area contributed by atoms with Crippen LogP contribution in [-0.2, 0) is 11.2 Å². The van der Waals surface area contributed by atoms with Gasteiger partial charge >= 0.3 is 5.97 Å². The number of rotatable bonds is 4. The Kier molecular flexibility index (Phi) is 3.52. The molecule has 1 atom stereocenters. The van der Waals surface area contributed by atoms with Crippen LogP contribution in [0.1, 0.15) is 18.9 Å². The molecule has 2 rings (SSSR count). The lowest BCUT2D eigenvalue weighted by atomic mass is 9.97. The molecular weight excluding hydrogens is 220 g/mol. The van der Waals surface area contributed by atoms with Crippen LogP contribution in [0.2, 0.25) is 0 Å². The third-order valence-electron chi connectivity index (χ3n) is 2.77. The van der Waals surface area contributed by atoms with Gasteiger partial charge in [0.15, 0.2) is 0 Å². The number of carboxylic acids is 1. The number of hydrogen-bond donors (Lipinski definition) is 1. The lowest BCUT2D eigenvalue weighted by Gasteiger charge is -2.22. The Hall–Kier alpha value is -1.71. The molecule has 1 aliphatic heterocycles. The van der Waals surface area contributed by atoms with Gasteiger partial charge in [-0.2, -0.15) is 0 Å². The number of hydrogen-bond acceptors (Lipinski definition) is 3. The lowest BCUT2D eigenvalue weighted by molar-refractivity contribution is -0.143. The van der Waals surface area contributed by atoms with Gasteiger partial charge in [0.25, 0.3) is 0 Å². The van der Waals surface area contributed by atoms with Gasteiger partial charge in [0.2, 0.25) is 0 Å². The van der Waals surface area contributed by atoms with Crippen molar-refractivity contribution >= 4 is 5.97 Å². The summed E-state index contributed by atoms with van der Waals surface area (Å²) in [5.74, 6) is 0.280. The van der Waals surface area contributed by atoms with Gasteiger partial charge in [0.1, 0.15) is 18.1 Å². The minimum atomic E-state index is -0.804. The largest absolute Gasteiger partial charge is 0.493 e. The van der Waals surface area contributed by atoms with Gasteiger partial charge in [-0.1, -0.05) is 13.0 Å². The van der Waals surface area contributed by atoms with Crippen molar-refractivity contribution < 1.29 is 19.4 Å². The first-order valence-corrected chi connectivity index (χ1v) is 5.82. The highest BCUT2D eigenvalue weighted by molar-refractivity contribution is 5.71. The number of fused-ring (bicyclic) bond motifs is 1. The van der Waals surface area contributed by atoms with Crippen molar-refractivity contribution in [2.24, 2.45) is 5.92 Å². The smallest absolute Gasteiger partial charge is 0.310 e. The second-order valence-corrected chi connectivity index (χ2v) is 4.17.